The van der Waals surface area contributed by atoms with Crippen molar-refractivity contribution < 1.29 is 47.6 Å². The molecule has 292 valence electrons. The van der Waals surface area contributed by atoms with Crippen molar-refractivity contribution in [2.24, 2.45) is 41.4 Å². The zero-order valence-electron chi connectivity index (χ0n) is 32.8. The number of cyclic esters (lactones) is 1. The van der Waals surface area contributed by atoms with Gasteiger partial charge in [0, 0.05) is 39.0 Å². The summed E-state index contributed by atoms with van der Waals surface area (Å²) in [4.78, 5) is 57.3. The van der Waals surface area contributed by atoms with Gasteiger partial charge in [0.05, 0.1) is 23.7 Å². The third-order valence-corrected chi connectivity index (χ3v) is 14.0. The predicted molar refractivity (Wildman–Crippen MR) is 199 cm³/mol. The van der Waals surface area contributed by atoms with Gasteiger partial charge in [0.25, 0.3) is 0 Å². The van der Waals surface area contributed by atoms with Gasteiger partial charge in [-0.05, 0) is 113 Å². The number of carbonyl (C=O) groups excluding carboxylic acids is 4. The highest BCUT2D eigenvalue weighted by atomic mass is 127. The molecular weight excluding hydrogens is 771 g/mol. The highest BCUT2D eigenvalue weighted by Gasteiger charge is 2.61. The van der Waals surface area contributed by atoms with Crippen molar-refractivity contribution in [2.45, 2.75) is 140 Å². The molecule has 0 aromatic rings. The van der Waals surface area contributed by atoms with E-state index >= 15 is 0 Å². The van der Waals surface area contributed by atoms with Gasteiger partial charge in [-0.3, -0.25) is 19.3 Å². The van der Waals surface area contributed by atoms with Crippen molar-refractivity contribution in [3.05, 3.63) is 0 Å². The number of ether oxygens (including phenoxy) is 6. The van der Waals surface area contributed by atoms with E-state index in [4.69, 9.17) is 28.4 Å². The van der Waals surface area contributed by atoms with Gasteiger partial charge in [-0.1, -0.05) is 34.6 Å². The van der Waals surface area contributed by atoms with Crippen molar-refractivity contribution in [3.63, 3.8) is 0 Å². The fourth-order valence-corrected chi connectivity index (χ4v) is 10.5. The van der Waals surface area contributed by atoms with E-state index in [2.05, 4.69) is 19.2 Å². The first-order chi connectivity index (χ1) is 23.7. The van der Waals surface area contributed by atoms with Crippen LogP contribution >= 0.6 is 22.6 Å². The molecule has 1 amide bonds. The Morgan fingerprint density at radius 2 is 1.65 bits per heavy atom. The fourth-order valence-electron chi connectivity index (χ4n) is 9.75. The molecule has 4 saturated heterocycles. The number of halogens is 1. The van der Waals surface area contributed by atoms with Crippen LogP contribution in [0, 0.1) is 41.4 Å². The maximum Gasteiger partial charge on any atom is 0.410 e. The largest absolute Gasteiger partial charge is 0.447 e. The molecule has 2 unspecified atom stereocenters. The van der Waals surface area contributed by atoms with E-state index in [1.165, 1.54) is 7.11 Å². The number of nitrogens with one attached hydrogen (secondary N) is 1. The average Bonchev–Trinajstić information content (AvgIpc) is 3.33. The van der Waals surface area contributed by atoms with Gasteiger partial charge in [-0.2, -0.15) is 0 Å². The molecule has 0 aromatic heterocycles. The summed E-state index contributed by atoms with van der Waals surface area (Å²) >= 11 is 2.04. The van der Waals surface area contributed by atoms with E-state index in [0.717, 1.165) is 25.9 Å². The highest BCUT2D eigenvalue weighted by molar-refractivity contribution is 14.1. The second-order valence-electron chi connectivity index (χ2n) is 16.7. The van der Waals surface area contributed by atoms with E-state index in [1.54, 1.807) is 39.7 Å². The van der Waals surface area contributed by atoms with Crippen LogP contribution in [0.2, 0.25) is 0 Å². The number of nitrogens with zero attached hydrogens (tertiary/aromatic N) is 1. The van der Waals surface area contributed by atoms with Gasteiger partial charge in [-0.25, -0.2) is 4.79 Å². The van der Waals surface area contributed by atoms with Crippen LogP contribution in [-0.2, 0) is 42.8 Å². The molecule has 13 heteroatoms. The van der Waals surface area contributed by atoms with Crippen LogP contribution in [0.1, 0.15) is 94.9 Å². The van der Waals surface area contributed by atoms with Crippen LogP contribution in [0.4, 0.5) is 4.79 Å². The summed E-state index contributed by atoms with van der Waals surface area (Å²) in [6.45, 7) is 21.2. The number of Topliss-reactive ketones (excluding diaryl/α,β-unsaturated/α-hetero) is 2. The smallest absolute Gasteiger partial charge is 0.410 e. The van der Waals surface area contributed by atoms with E-state index < -0.39 is 75.3 Å². The lowest BCUT2D eigenvalue weighted by Gasteiger charge is -2.48. The minimum absolute atomic E-state index is 0.00371. The lowest BCUT2D eigenvalue weighted by Crippen LogP contribution is -2.58. The second kappa shape index (κ2) is 16.5. The lowest BCUT2D eigenvalue weighted by molar-refractivity contribution is -0.257. The monoisotopic (exact) mass is 834 g/mol. The summed E-state index contributed by atoms with van der Waals surface area (Å²) in [7, 11) is 3.17. The normalized spacial score (nSPS) is 44.9. The Hall–Kier alpha value is -1.39. The zero-order chi connectivity index (χ0) is 38.2. The summed E-state index contributed by atoms with van der Waals surface area (Å²) < 4.78 is 36.4. The molecule has 0 bridgehead atoms. The summed E-state index contributed by atoms with van der Waals surface area (Å²) in [6.07, 6.45) is -0.345. The molecule has 0 radical (unpaired) electrons. The molecule has 0 aliphatic carbocycles. The van der Waals surface area contributed by atoms with Crippen molar-refractivity contribution >= 4 is 46.2 Å². The predicted octanol–water partition coefficient (Wildman–Crippen LogP) is 5.56. The number of piperidine rings is 1. The van der Waals surface area contributed by atoms with E-state index in [1.807, 2.05) is 50.3 Å². The topological polar surface area (TPSA) is 139 Å². The zero-order valence-corrected chi connectivity index (χ0v) is 34.9. The standard InChI is InChI=1S/C38H63IN2O10/c1-20(2)28-22(4)30(49-27-17-37(9,47-12)32(43)25(7)48-27)24(6)33(44)50-34(39)38(10)31(23(5)29(42)21(3)16-36(28,8)46-11)41(35(45)51-38)19-26-14-13-15-40-18-26/h20-28,30-31,34,40H,13-19H2,1-12H3/t21-,22-,23+,24-,25+,26?,27+,28?,30+,31-,34+,36-,37-,38+/m1/s1. The molecule has 4 aliphatic heterocycles. The number of carbonyl (C=O) groups is 4. The molecule has 4 heterocycles. The molecule has 51 heavy (non-hydrogen) atoms. The molecule has 0 saturated carbocycles. The van der Waals surface area contributed by atoms with Crippen LogP contribution in [0.15, 0.2) is 0 Å². The summed E-state index contributed by atoms with van der Waals surface area (Å²) in [5.74, 6) is -2.76. The van der Waals surface area contributed by atoms with Gasteiger partial charge < -0.3 is 33.7 Å². The van der Waals surface area contributed by atoms with Crippen LogP contribution in [0.5, 0.6) is 0 Å². The van der Waals surface area contributed by atoms with Gasteiger partial charge in [0.2, 0.25) is 0 Å². The molecule has 14 atom stereocenters. The summed E-state index contributed by atoms with van der Waals surface area (Å²) in [5, 5.41) is 3.42. The first-order valence-electron chi connectivity index (χ1n) is 18.8. The Balaban J connectivity index is 1.79. The van der Waals surface area contributed by atoms with Crippen molar-refractivity contribution in [2.75, 3.05) is 33.9 Å². The minimum Gasteiger partial charge on any atom is -0.447 e. The van der Waals surface area contributed by atoms with Gasteiger partial charge >= 0.3 is 12.1 Å². The Kier molecular flexibility index (Phi) is 13.7. The van der Waals surface area contributed by atoms with Crippen LogP contribution in [-0.4, -0.2) is 108 Å². The Morgan fingerprint density at radius 1 is 0.980 bits per heavy atom. The molecule has 4 aliphatic rings. The summed E-state index contributed by atoms with van der Waals surface area (Å²) in [5.41, 5.74) is -3.24. The average molecular weight is 835 g/mol. The maximum absolute atomic E-state index is 14.6. The Labute approximate surface area is 318 Å². The third kappa shape index (κ3) is 8.48. The Bertz CT molecular complexity index is 1280. The molecule has 12 nitrogen and oxygen atoms in total. The van der Waals surface area contributed by atoms with Gasteiger partial charge in [0.1, 0.15) is 17.5 Å². The van der Waals surface area contributed by atoms with E-state index in [0.29, 0.717) is 13.0 Å². The molecule has 1 N–H and O–H groups in total. The Morgan fingerprint density at radius 3 is 2.22 bits per heavy atom. The minimum atomic E-state index is -1.32. The lowest BCUT2D eigenvalue weighted by atomic mass is 9.66. The fraction of sp³-hybridized carbons (Fsp3) is 0.895. The van der Waals surface area contributed by atoms with Crippen LogP contribution < -0.4 is 5.32 Å². The molecule has 4 fully saturated rings. The maximum atomic E-state index is 14.6. The second-order valence-corrected chi connectivity index (χ2v) is 17.8. The van der Waals surface area contributed by atoms with Gasteiger partial charge in [0.15, 0.2) is 21.8 Å². The number of esters is 1. The first-order valence-corrected chi connectivity index (χ1v) is 20.0. The third-order valence-electron chi connectivity index (χ3n) is 12.5. The van der Waals surface area contributed by atoms with E-state index in [9.17, 15) is 19.2 Å². The van der Waals surface area contributed by atoms with Gasteiger partial charge in [-0.15, -0.1) is 0 Å². The van der Waals surface area contributed by atoms with E-state index in [-0.39, 0.29) is 41.7 Å². The number of hydrogen-bond acceptors (Lipinski definition) is 11. The quantitative estimate of drug-likeness (QED) is 0.196. The number of amides is 1. The number of hydrogen-bond donors (Lipinski definition) is 1. The van der Waals surface area contributed by atoms with Crippen molar-refractivity contribution in [3.8, 4) is 0 Å². The van der Waals surface area contributed by atoms with Crippen molar-refractivity contribution in [1.82, 2.24) is 10.2 Å². The van der Waals surface area contributed by atoms with Crippen molar-refractivity contribution in [1.29, 1.82) is 0 Å². The van der Waals surface area contributed by atoms with Crippen LogP contribution in [0.25, 0.3) is 0 Å². The molecule has 0 aromatic carbocycles. The number of methoxy groups -OCH3 is 2. The molecular formula is C38H63IN2O10. The molecule has 4 rings (SSSR count). The molecule has 0 spiro atoms. The first kappa shape index (κ1) is 42.4. The SMILES string of the molecule is CO[C@]1(C)C[C@H](O[C@H]2[C@H](C)C(C(C)C)[C@](C)(OC)C[C@@H](C)C(=O)[C@H](C)[C@H]3N(CC4CCCNC4)C(=O)O[C@]3(C)[C@@H](I)OC(=O)[C@@H]2C)O[C@@H](C)C1=O. The van der Waals surface area contributed by atoms with Crippen LogP contribution in [0.3, 0.4) is 0 Å². The number of alkyl halides is 1. The number of fused-ring (bicyclic) bond motifs is 1. The highest BCUT2D eigenvalue weighted by Crippen LogP contribution is 2.47. The number of ketones is 2. The summed E-state index contributed by atoms with van der Waals surface area (Å²) in [6, 6.07) is -0.670. The number of rotatable bonds is 7.